The van der Waals surface area contributed by atoms with Crippen molar-refractivity contribution >= 4 is 17.3 Å². The van der Waals surface area contributed by atoms with Crippen molar-refractivity contribution in [2.45, 2.75) is 33.0 Å². The fourth-order valence-corrected chi connectivity index (χ4v) is 3.53. The fraction of sp³-hybridized carbons (Fsp3) is 0.500. The van der Waals surface area contributed by atoms with E-state index >= 15 is 0 Å². The molecule has 3 heteroatoms. The molecule has 1 saturated heterocycles. The van der Waals surface area contributed by atoms with Crippen molar-refractivity contribution in [1.29, 1.82) is 0 Å². The molecule has 114 valence electrons. The van der Waals surface area contributed by atoms with Gasteiger partial charge >= 0.3 is 0 Å². The summed E-state index contributed by atoms with van der Waals surface area (Å²) >= 11 is 5.42. The Bertz CT molecular complexity index is 471. The maximum atomic E-state index is 5.90. The van der Waals surface area contributed by atoms with Crippen LogP contribution in [0.5, 0.6) is 0 Å². The number of allylic oxidation sites excluding steroid dienone is 1. The van der Waals surface area contributed by atoms with Crippen LogP contribution in [0.15, 0.2) is 43.0 Å². The first-order valence-corrected chi connectivity index (χ1v) is 8.02. The van der Waals surface area contributed by atoms with E-state index in [-0.39, 0.29) is 12.0 Å². The number of thiocarbonyl (C=S) groups is 1. The van der Waals surface area contributed by atoms with E-state index in [1.165, 1.54) is 5.56 Å². The summed E-state index contributed by atoms with van der Waals surface area (Å²) in [6, 6.07) is 10.2. The lowest BCUT2D eigenvalue weighted by Crippen LogP contribution is -2.27. The zero-order chi connectivity index (χ0) is 15.2. The molecule has 2 rings (SSSR count). The van der Waals surface area contributed by atoms with Gasteiger partial charge in [0.2, 0.25) is 0 Å². The van der Waals surface area contributed by atoms with Crippen LogP contribution in [-0.2, 0) is 16.1 Å². The van der Waals surface area contributed by atoms with E-state index in [2.05, 4.69) is 32.6 Å². The van der Waals surface area contributed by atoms with Crippen LogP contribution in [0.4, 0.5) is 0 Å². The average molecular weight is 304 g/mol. The molecule has 0 aliphatic carbocycles. The van der Waals surface area contributed by atoms with Crippen LogP contribution in [-0.4, -0.2) is 17.8 Å². The zero-order valence-electron chi connectivity index (χ0n) is 12.8. The van der Waals surface area contributed by atoms with Crippen LogP contribution in [0.2, 0.25) is 0 Å². The predicted molar refractivity (Wildman–Crippen MR) is 90.2 cm³/mol. The molecule has 21 heavy (non-hydrogen) atoms. The summed E-state index contributed by atoms with van der Waals surface area (Å²) in [4.78, 5) is 0. The highest BCUT2D eigenvalue weighted by Gasteiger charge is 2.42. The standard InChI is InChI=1S/C18H24O2S/c1-4-13(3)17-15(5-2)16(20-18(17)21)12-19-11-14-9-7-6-8-10-14/h4,6-10,13,15-17H,1,5,11-12H2,2-3H3. The van der Waals surface area contributed by atoms with Crippen molar-refractivity contribution in [2.75, 3.05) is 6.61 Å². The molecule has 1 fully saturated rings. The molecule has 4 unspecified atom stereocenters. The topological polar surface area (TPSA) is 18.5 Å². The van der Waals surface area contributed by atoms with Crippen molar-refractivity contribution in [2.24, 2.45) is 17.8 Å². The number of hydrogen-bond donors (Lipinski definition) is 0. The van der Waals surface area contributed by atoms with Crippen LogP contribution in [0, 0.1) is 17.8 Å². The summed E-state index contributed by atoms with van der Waals surface area (Å²) in [5.74, 6) is 1.05. The van der Waals surface area contributed by atoms with Gasteiger partial charge in [-0.2, -0.15) is 0 Å². The average Bonchev–Trinajstić information content (AvgIpc) is 2.83. The highest BCUT2D eigenvalue weighted by molar-refractivity contribution is 7.80. The molecular formula is C18H24O2S. The van der Waals surface area contributed by atoms with E-state index in [1.807, 2.05) is 24.3 Å². The number of hydrogen-bond acceptors (Lipinski definition) is 3. The SMILES string of the molecule is C=CC(C)C1C(=S)OC(COCc2ccccc2)C1CC. The summed E-state index contributed by atoms with van der Waals surface area (Å²) in [6.07, 6.45) is 3.08. The van der Waals surface area contributed by atoms with Crippen molar-refractivity contribution in [3.63, 3.8) is 0 Å². The Morgan fingerprint density at radius 3 is 2.71 bits per heavy atom. The molecule has 4 atom stereocenters. The van der Waals surface area contributed by atoms with Gasteiger partial charge in [0, 0.05) is 11.8 Å². The van der Waals surface area contributed by atoms with Crippen molar-refractivity contribution in [1.82, 2.24) is 0 Å². The summed E-state index contributed by atoms with van der Waals surface area (Å²) in [7, 11) is 0. The lowest BCUT2D eigenvalue weighted by Gasteiger charge is -2.22. The molecule has 0 spiro atoms. The van der Waals surface area contributed by atoms with Gasteiger partial charge in [-0.05, 0) is 30.1 Å². The van der Waals surface area contributed by atoms with Crippen LogP contribution < -0.4 is 0 Å². The minimum atomic E-state index is 0.0682. The largest absolute Gasteiger partial charge is 0.481 e. The van der Waals surface area contributed by atoms with Crippen molar-refractivity contribution < 1.29 is 9.47 Å². The Morgan fingerprint density at radius 1 is 1.38 bits per heavy atom. The van der Waals surface area contributed by atoms with Gasteiger partial charge in [-0.1, -0.05) is 50.3 Å². The lowest BCUT2D eigenvalue weighted by atomic mass is 9.80. The Morgan fingerprint density at radius 2 is 2.10 bits per heavy atom. The van der Waals surface area contributed by atoms with Crippen LogP contribution in [0.1, 0.15) is 25.8 Å². The second-order valence-electron chi connectivity index (χ2n) is 5.67. The summed E-state index contributed by atoms with van der Waals surface area (Å²) in [5, 5.41) is 0.725. The molecule has 0 aromatic heterocycles. The van der Waals surface area contributed by atoms with Gasteiger partial charge in [0.25, 0.3) is 0 Å². The first-order chi connectivity index (χ1) is 10.2. The lowest BCUT2D eigenvalue weighted by molar-refractivity contribution is 0.0230. The van der Waals surface area contributed by atoms with E-state index in [0.717, 1.165) is 11.5 Å². The minimum absolute atomic E-state index is 0.0682. The van der Waals surface area contributed by atoms with E-state index in [0.29, 0.717) is 25.0 Å². The molecule has 0 saturated carbocycles. The molecule has 0 radical (unpaired) electrons. The molecule has 1 aliphatic heterocycles. The van der Waals surface area contributed by atoms with Crippen LogP contribution in [0.25, 0.3) is 0 Å². The Kier molecular flexibility index (Phi) is 5.95. The first kappa shape index (κ1) is 16.2. The van der Waals surface area contributed by atoms with Gasteiger partial charge in [-0.15, -0.1) is 6.58 Å². The normalized spacial score (nSPS) is 26.4. The second kappa shape index (κ2) is 7.71. The van der Waals surface area contributed by atoms with Crippen molar-refractivity contribution in [3.8, 4) is 0 Å². The van der Waals surface area contributed by atoms with Gasteiger partial charge in [0.1, 0.15) is 6.10 Å². The summed E-state index contributed by atoms with van der Waals surface area (Å²) in [6.45, 7) is 9.44. The molecule has 0 amide bonds. The maximum absolute atomic E-state index is 5.90. The quantitative estimate of drug-likeness (QED) is 0.550. The molecule has 1 aromatic rings. The van der Waals surface area contributed by atoms with Gasteiger partial charge in [-0.25, -0.2) is 0 Å². The van der Waals surface area contributed by atoms with Gasteiger partial charge in [0.05, 0.1) is 13.2 Å². The molecule has 1 aromatic carbocycles. The van der Waals surface area contributed by atoms with Crippen LogP contribution >= 0.6 is 12.2 Å². The third kappa shape index (κ3) is 3.92. The first-order valence-electron chi connectivity index (χ1n) is 7.62. The molecule has 1 heterocycles. The zero-order valence-corrected chi connectivity index (χ0v) is 13.6. The Balaban J connectivity index is 1.91. The number of ether oxygens (including phenoxy) is 2. The number of benzene rings is 1. The summed E-state index contributed by atoms with van der Waals surface area (Å²) < 4.78 is 11.7. The molecule has 2 nitrogen and oxygen atoms in total. The smallest absolute Gasteiger partial charge is 0.164 e. The van der Waals surface area contributed by atoms with Gasteiger partial charge < -0.3 is 9.47 Å². The Hall–Kier alpha value is -1.19. The van der Waals surface area contributed by atoms with Crippen molar-refractivity contribution in [3.05, 3.63) is 48.6 Å². The summed E-state index contributed by atoms with van der Waals surface area (Å²) in [5.41, 5.74) is 1.18. The third-order valence-electron chi connectivity index (χ3n) is 4.28. The fourth-order valence-electron chi connectivity index (χ4n) is 3.01. The van der Waals surface area contributed by atoms with Gasteiger partial charge in [-0.3, -0.25) is 0 Å². The monoisotopic (exact) mass is 304 g/mol. The molecular weight excluding hydrogens is 280 g/mol. The number of rotatable bonds is 7. The second-order valence-corrected chi connectivity index (χ2v) is 6.07. The molecule has 0 bridgehead atoms. The maximum Gasteiger partial charge on any atom is 0.164 e. The third-order valence-corrected chi connectivity index (χ3v) is 4.65. The van der Waals surface area contributed by atoms with Crippen LogP contribution in [0.3, 0.4) is 0 Å². The van der Waals surface area contributed by atoms with E-state index < -0.39 is 0 Å². The van der Waals surface area contributed by atoms with E-state index in [9.17, 15) is 0 Å². The van der Waals surface area contributed by atoms with E-state index in [4.69, 9.17) is 21.7 Å². The highest BCUT2D eigenvalue weighted by Crippen LogP contribution is 2.37. The minimum Gasteiger partial charge on any atom is -0.481 e. The molecule has 1 aliphatic rings. The molecule has 0 N–H and O–H groups in total. The highest BCUT2D eigenvalue weighted by atomic mass is 32.1. The van der Waals surface area contributed by atoms with E-state index in [1.54, 1.807) is 0 Å². The van der Waals surface area contributed by atoms with Gasteiger partial charge in [0.15, 0.2) is 5.05 Å². The Labute approximate surface area is 133 Å². The predicted octanol–water partition coefficient (Wildman–Crippen LogP) is 4.39.